The van der Waals surface area contributed by atoms with Gasteiger partial charge in [0.15, 0.2) is 0 Å². The van der Waals surface area contributed by atoms with Gasteiger partial charge >= 0.3 is 5.69 Å². The fourth-order valence-electron chi connectivity index (χ4n) is 3.70. The lowest BCUT2D eigenvalue weighted by molar-refractivity contribution is 0.776. The molecule has 30 heavy (non-hydrogen) atoms. The van der Waals surface area contributed by atoms with E-state index in [1.807, 2.05) is 24.3 Å². The zero-order valence-electron chi connectivity index (χ0n) is 16.1. The molecule has 7 nitrogen and oxygen atoms in total. The molecule has 2 aromatic heterocycles. The molecule has 0 bridgehead atoms. The van der Waals surface area contributed by atoms with Gasteiger partial charge in [-0.2, -0.15) is 15.3 Å². The first-order valence-corrected chi connectivity index (χ1v) is 9.95. The van der Waals surface area contributed by atoms with Crippen molar-refractivity contribution in [1.82, 2.24) is 19.3 Å². The molecule has 1 N–H and O–H groups in total. The quantitative estimate of drug-likeness (QED) is 0.536. The summed E-state index contributed by atoms with van der Waals surface area (Å²) in [5, 5.41) is 18.2. The van der Waals surface area contributed by atoms with Crippen LogP contribution in [0.1, 0.15) is 29.9 Å². The van der Waals surface area contributed by atoms with Crippen LogP contribution in [-0.2, 0) is 7.05 Å². The molecule has 4 aromatic rings. The molecule has 0 spiro atoms. The summed E-state index contributed by atoms with van der Waals surface area (Å²) in [7, 11) is 1.79. The van der Waals surface area contributed by atoms with Crippen LogP contribution in [0.15, 0.2) is 53.5 Å². The van der Waals surface area contributed by atoms with Gasteiger partial charge in [0.25, 0.3) is 0 Å². The van der Waals surface area contributed by atoms with Crippen molar-refractivity contribution in [2.24, 2.45) is 7.05 Å². The van der Waals surface area contributed by atoms with E-state index in [0.29, 0.717) is 44.7 Å². The molecule has 1 aliphatic carbocycles. The molecule has 0 radical (unpaired) electrons. The number of hydrogen-bond donors (Lipinski definition) is 1. The summed E-state index contributed by atoms with van der Waals surface area (Å²) in [5.74, 6) is 1.41. The lowest BCUT2D eigenvalue weighted by Gasteiger charge is -2.16. The second-order valence-electron chi connectivity index (χ2n) is 7.34. The highest BCUT2D eigenvalue weighted by Crippen LogP contribution is 2.43. The van der Waals surface area contributed by atoms with Gasteiger partial charge in [0.1, 0.15) is 11.6 Å². The van der Waals surface area contributed by atoms with E-state index in [9.17, 15) is 10.1 Å². The van der Waals surface area contributed by atoms with Gasteiger partial charge in [0, 0.05) is 18.5 Å². The molecule has 0 amide bonds. The Morgan fingerprint density at radius 3 is 2.70 bits per heavy atom. The van der Waals surface area contributed by atoms with Crippen LogP contribution in [0.5, 0.6) is 0 Å². The summed E-state index contributed by atoms with van der Waals surface area (Å²) < 4.78 is 3.16. The first-order chi connectivity index (χ1) is 14.6. The van der Waals surface area contributed by atoms with Crippen LogP contribution >= 0.6 is 11.6 Å². The third kappa shape index (κ3) is 3.02. The highest BCUT2D eigenvalue weighted by molar-refractivity contribution is 6.32. The van der Waals surface area contributed by atoms with E-state index in [-0.39, 0.29) is 0 Å². The average Bonchev–Trinajstić information content (AvgIpc) is 3.51. The topological polar surface area (TPSA) is 88.5 Å². The van der Waals surface area contributed by atoms with Gasteiger partial charge in [-0.25, -0.2) is 4.79 Å². The van der Waals surface area contributed by atoms with Crippen LogP contribution in [0.25, 0.3) is 16.6 Å². The van der Waals surface area contributed by atoms with Gasteiger partial charge < -0.3 is 5.32 Å². The fourth-order valence-corrected chi connectivity index (χ4v) is 3.92. The van der Waals surface area contributed by atoms with Gasteiger partial charge in [-0.3, -0.25) is 9.25 Å². The zero-order chi connectivity index (χ0) is 20.8. The molecular weight excluding hydrogens is 400 g/mol. The standard InChI is InChI=1S/C22H17ClN6O/c1-28-20(8-9-25-28)26-21-16-10-14(12-24)15(13-6-7-13)11-19(16)29(22(30)27-21)18-5-3-2-4-17(18)23/h2-5,8-11,13H,6-7H2,1H3,(H,26,27,30). The third-order valence-corrected chi connectivity index (χ3v) is 5.68. The molecule has 5 rings (SSSR count). The smallest absolute Gasteiger partial charge is 0.324 e. The Morgan fingerprint density at radius 2 is 2.03 bits per heavy atom. The van der Waals surface area contributed by atoms with Crippen molar-refractivity contribution in [3.05, 3.63) is 75.3 Å². The van der Waals surface area contributed by atoms with Gasteiger partial charge in [0.2, 0.25) is 0 Å². The molecule has 1 aliphatic rings. The second kappa shape index (κ2) is 7.01. The van der Waals surface area contributed by atoms with E-state index in [1.54, 1.807) is 36.1 Å². The van der Waals surface area contributed by atoms with Crippen molar-refractivity contribution in [1.29, 1.82) is 5.26 Å². The van der Waals surface area contributed by atoms with E-state index in [1.165, 1.54) is 4.57 Å². The molecule has 1 fully saturated rings. The van der Waals surface area contributed by atoms with Crippen molar-refractivity contribution in [2.45, 2.75) is 18.8 Å². The number of halogens is 1. The number of aromatic nitrogens is 4. The Kier molecular flexibility index (Phi) is 4.30. The highest BCUT2D eigenvalue weighted by Gasteiger charge is 2.28. The minimum Gasteiger partial charge on any atom is -0.324 e. The number of rotatable bonds is 4. The predicted octanol–water partition coefficient (Wildman–Crippen LogP) is 4.27. The van der Waals surface area contributed by atoms with Gasteiger partial charge in [0.05, 0.1) is 34.1 Å². The van der Waals surface area contributed by atoms with E-state index in [0.717, 1.165) is 18.4 Å². The maximum absolute atomic E-state index is 13.1. The number of nitriles is 1. The molecule has 0 saturated heterocycles. The molecule has 8 heteroatoms. The van der Waals surface area contributed by atoms with Crippen LogP contribution < -0.4 is 11.0 Å². The Hall–Kier alpha value is -3.63. The lowest BCUT2D eigenvalue weighted by Crippen LogP contribution is -2.23. The van der Waals surface area contributed by atoms with Crippen molar-refractivity contribution < 1.29 is 0 Å². The first-order valence-electron chi connectivity index (χ1n) is 9.57. The molecule has 2 aromatic carbocycles. The van der Waals surface area contributed by atoms with Crippen LogP contribution in [-0.4, -0.2) is 19.3 Å². The largest absolute Gasteiger partial charge is 0.354 e. The number of para-hydroxylation sites is 1. The predicted molar refractivity (Wildman–Crippen MR) is 116 cm³/mol. The minimum atomic E-state index is -0.452. The lowest BCUT2D eigenvalue weighted by atomic mass is 10.0. The van der Waals surface area contributed by atoms with Crippen LogP contribution in [0.4, 0.5) is 11.6 Å². The summed E-state index contributed by atoms with van der Waals surface area (Å²) in [6.45, 7) is 0. The number of anilines is 2. The van der Waals surface area contributed by atoms with Gasteiger partial charge in [-0.1, -0.05) is 23.7 Å². The number of hydrogen-bond acceptors (Lipinski definition) is 5. The second-order valence-corrected chi connectivity index (χ2v) is 7.74. The normalized spacial score (nSPS) is 13.4. The highest BCUT2D eigenvalue weighted by atomic mass is 35.5. The van der Waals surface area contributed by atoms with Crippen LogP contribution in [0.3, 0.4) is 0 Å². The van der Waals surface area contributed by atoms with E-state index < -0.39 is 5.69 Å². The molecule has 0 aliphatic heterocycles. The van der Waals surface area contributed by atoms with Crippen molar-refractivity contribution >= 4 is 34.1 Å². The summed E-state index contributed by atoms with van der Waals surface area (Å²) in [4.78, 5) is 17.4. The maximum Gasteiger partial charge on any atom is 0.354 e. The molecule has 0 unspecified atom stereocenters. The van der Waals surface area contributed by atoms with Crippen molar-refractivity contribution in [3.8, 4) is 11.8 Å². The molecule has 148 valence electrons. The van der Waals surface area contributed by atoms with Crippen LogP contribution in [0, 0.1) is 11.3 Å². The molecule has 1 saturated carbocycles. The minimum absolute atomic E-state index is 0.348. The maximum atomic E-state index is 13.1. The summed E-state index contributed by atoms with van der Waals surface area (Å²) >= 11 is 6.41. The number of aryl methyl sites for hydroxylation is 1. The zero-order valence-corrected chi connectivity index (χ0v) is 16.9. The Morgan fingerprint density at radius 1 is 1.23 bits per heavy atom. The van der Waals surface area contributed by atoms with Crippen molar-refractivity contribution in [2.75, 3.05) is 5.32 Å². The monoisotopic (exact) mass is 416 g/mol. The summed E-state index contributed by atoms with van der Waals surface area (Å²) in [6, 6.07) is 15.0. The number of nitrogens with zero attached hydrogens (tertiary/aromatic N) is 5. The van der Waals surface area contributed by atoms with E-state index >= 15 is 0 Å². The molecule has 2 heterocycles. The van der Waals surface area contributed by atoms with Crippen molar-refractivity contribution in [3.63, 3.8) is 0 Å². The van der Waals surface area contributed by atoms with E-state index in [4.69, 9.17) is 11.6 Å². The van der Waals surface area contributed by atoms with Gasteiger partial charge in [-0.15, -0.1) is 0 Å². The Bertz CT molecular complexity index is 1390. The fraction of sp³-hybridized carbons (Fsp3) is 0.182. The Labute approximate surface area is 177 Å². The van der Waals surface area contributed by atoms with Crippen LogP contribution in [0.2, 0.25) is 5.02 Å². The SMILES string of the molecule is Cn1nccc1Nc1nc(=O)n(-c2ccccc2Cl)c2cc(C3CC3)c(C#N)cc12. The number of fused-ring (bicyclic) bond motifs is 1. The molecular formula is C22H17ClN6O. The Balaban J connectivity index is 1.84. The number of benzene rings is 2. The summed E-state index contributed by atoms with van der Waals surface area (Å²) in [5.41, 5.74) is 2.33. The van der Waals surface area contributed by atoms with E-state index in [2.05, 4.69) is 21.5 Å². The average molecular weight is 417 g/mol. The summed E-state index contributed by atoms with van der Waals surface area (Å²) in [6.07, 6.45) is 3.74. The number of nitrogens with one attached hydrogen (secondary N) is 1. The first kappa shape index (κ1) is 18.4. The van der Waals surface area contributed by atoms with Gasteiger partial charge in [-0.05, 0) is 48.6 Å². The third-order valence-electron chi connectivity index (χ3n) is 5.36. The molecule has 0 atom stereocenters.